The van der Waals surface area contributed by atoms with Crippen LogP contribution in [0, 0.1) is 5.92 Å². The first-order chi connectivity index (χ1) is 12.0. The Balaban J connectivity index is 1.68. The van der Waals surface area contributed by atoms with Crippen molar-refractivity contribution >= 4 is 17.5 Å². The van der Waals surface area contributed by atoms with E-state index in [1.165, 1.54) is 6.92 Å². The zero-order valence-electron chi connectivity index (χ0n) is 14.1. The van der Waals surface area contributed by atoms with Crippen LogP contribution in [-0.4, -0.2) is 46.0 Å². The Kier molecular flexibility index (Phi) is 5.09. The highest BCUT2D eigenvalue weighted by Crippen LogP contribution is 2.23. The Morgan fingerprint density at radius 2 is 2.08 bits per heavy atom. The number of hydrogen-bond donors (Lipinski definition) is 2. The number of nitrogens with zero attached hydrogens (tertiary/aromatic N) is 2. The van der Waals surface area contributed by atoms with Gasteiger partial charge in [-0.25, -0.2) is 0 Å². The van der Waals surface area contributed by atoms with E-state index >= 15 is 0 Å². The van der Waals surface area contributed by atoms with Gasteiger partial charge in [0.2, 0.25) is 5.91 Å². The zero-order chi connectivity index (χ0) is 17.8. The molecule has 6 heteroatoms. The van der Waals surface area contributed by atoms with Gasteiger partial charge < -0.3 is 15.3 Å². The van der Waals surface area contributed by atoms with E-state index in [2.05, 4.69) is 10.3 Å². The van der Waals surface area contributed by atoms with E-state index in [9.17, 15) is 14.7 Å². The Morgan fingerprint density at radius 3 is 2.80 bits per heavy atom. The SMILES string of the molecule is CC(=O)Nc1cccc(C(=O)N2C[C@@H](Cc3ccccn3)[C@H](O)C2)c1. The highest BCUT2D eigenvalue weighted by molar-refractivity contribution is 5.97. The largest absolute Gasteiger partial charge is 0.391 e. The first-order valence-corrected chi connectivity index (χ1v) is 8.28. The second-order valence-electron chi connectivity index (χ2n) is 6.32. The van der Waals surface area contributed by atoms with Gasteiger partial charge in [0.15, 0.2) is 0 Å². The van der Waals surface area contributed by atoms with Crippen LogP contribution in [0.4, 0.5) is 5.69 Å². The minimum absolute atomic E-state index is 0.0302. The van der Waals surface area contributed by atoms with Crippen molar-refractivity contribution in [3.8, 4) is 0 Å². The number of hydrogen-bond acceptors (Lipinski definition) is 4. The maximum Gasteiger partial charge on any atom is 0.254 e. The summed E-state index contributed by atoms with van der Waals surface area (Å²) in [5.74, 6) is -0.358. The van der Waals surface area contributed by atoms with E-state index in [1.807, 2.05) is 18.2 Å². The molecule has 2 atom stereocenters. The number of β-amino-alcohol motifs (C(OH)–C–C–N with tert-alkyl or cyclic N) is 1. The molecule has 25 heavy (non-hydrogen) atoms. The Hall–Kier alpha value is -2.73. The standard InChI is InChI=1S/C19H21N3O3/c1-13(23)21-17-7-4-5-14(9-17)19(25)22-11-15(18(24)12-22)10-16-6-2-3-8-20-16/h2-9,15,18,24H,10-12H2,1H3,(H,21,23)/t15-,18-/m1/s1. The first kappa shape index (κ1) is 17.1. The van der Waals surface area contributed by atoms with E-state index in [4.69, 9.17) is 0 Å². The van der Waals surface area contributed by atoms with Crippen LogP contribution in [0.3, 0.4) is 0 Å². The van der Waals surface area contributed by atoms with Crippen LogP contribution in [0.5, 0.6) is 0 Å². The lowest BCUT2D eigenvalue weighted by Gasteiger charge is -2.16. The highest BCUT2D eigenvalue weighted by Gasteiger charge is 2.34. The summed E-state index contributed by atoms with van der Waals surface area (Å²) in [6.07, 6.45) is 1.80. The van der Waals surface area contributed by atoms with E-state index in [-0.39, 0.29) is 17.7 Å². The molecule has 1 aromatic carbocycles. The molecule has 2 heterocycles. The first-order valence-electron chi connectivity index (χ1n) is 8.28. The van der Waals surface area contributed by atoms with Gasteiger partial charge in [-0.1, -0.05) is 12.1 Å². The number of benzene rings is 1. The van der Waals surface area contributed by atoms with Crippen LogP contribution in [0.25, 0.3) is 0 Å². The molecule has 1 saturated heterocycles. The summed E-state index contributed by atoms with van der Waals surface area (Å²) in [5, 5.41) is 13.0. The third-order valence-electron chi connectivity index (χ3n) is 4.32. The molecule has 1 aromatic heterocycles. The second-order valence-corrected chi connectivity index (χ2v) is 6.32. The molecule has 0 saturated carbocycles. The Labute approximate surface area is 146 Å². The summed E-state index contributed by atoms with van der Waals surface area (Å²) in [4.78, 5) is 29.8. The summed E-state index contributed by atoms with van der Waals surface area (Å²) >= 11 is 0. The van der Waals surface area contributed by atoms with Crippen LogP contribution in [0.1, 0.15) is 23.0 Å². The van der Waals surface area contributed by atoms with Gasteiger partial charge in [-0.05, 0) is 36.8 Å². The number of rotatable bonds is 4. The summed E-state index contributed by atoms with van der Waals surface area (Å²) in [7, 11) is 0. The number of nitrogens with one attached hydrogen (secondary N) is 1. The molecule has 0 radical (unpaired) electrons. The fraction of sp³-hybridized carbons (Fsp3) is 0.316. The molecule has 0 aliphatic carbocycles. The molecular weight excluding hydrogens is 318 g/mol. The smallest absolute Gasteiger partial charge is 0.254 e. The van der Waals surface area contributed by atoms with Crippen LogP contribution >= 0.6 is 0 Å². The third-order valence-corrected chi connectivity index (χ3v) is 4.32. The Bertz CT molecular complexity index is 764. The number of aliphatic hydroxyl groups excluding tert-OH is 1. The van der Waals surface area contributed by atoms with Crippen LogP contribution in [0.15, 0.2) is 48.7 Å². The lowest BCUT2D eigenvalue weighted by molar-refractivity contribution is -0.114. The van der Waals surface area contributed by atoms with Crippen molar-refractivity contribution in [3.05, 3.63) is 59.9 Å². The molecule has 1 aliphatic rings. The number of anilines is 1. The molecule has 1 fully saturated rings. The minimum Gasteiger partial charge on any atom is -0.391 e. The van der Waals surface area contributed by atoms with Crippen molar-refractivity contribution in [3.63, 3.8) is 0 Å². The third kappa shape index (κ3) is 4.22. The van der Waals surface area contributed by atoms with Crippen LogP contribution in [-0.2, 0) is 11.2 Å². The van der Waals surface area contributed by atoms with Crippen molar-refractivity contribution in [2.24, 2.45) is 5.92 Å². The fourth-order valence-electron chi connectivity index (χ4n) is 3.12. The molecule has 0 spiro atoms. The van der Waals surface area contributed by atoms with Crippen molar-refractivity contribution < 1.29 is 14.7 Å². The minimum atomic E-state index is -0.565. The van der Waals surface area contributed by atoms with E-state index in [0.29, 0.717) is 30.8 Å². The van der Waals surface area contributed by atoms with E-state index in [1.54, 1.807) is 35.4 Å². The average Bonchev–Trinajstić information content (AvgIpc) is 2.95. The van der Waals surface area contributed by atoms with Crippen molar-refractivity contribution in [2.75, 3.05) is 18.4 Å². The number of aromatic nitrogens is 1. The highest BCUT2D eigenvalue weighted by atomic mass is 16.3. The van der Waals surface area contributed by atoms with Gasteiger partial charge in [-0.15, -0.1) is 0 Å². The van der Waals surface area contributed by atoms with Crippen molar-refractivity contribution in [2.45, 2.75) is 19.4 Å². The molecule has 2 aromatic rings. The Morgan fingerprint density at radius 1 is 1.24 bits per heavy atom. The topological polar surface area (TPSA) is 82.5 Å². The average molecular weight is 339 g/mol. The molecule has 3 rings (SSSR count). The molecule has 6 nitrogen and oxygen atoms in total. The van der Waals surface area contributed by atoms with Gasteiger partial charge in [0.1, 0.15) is 0 Å². The molecule has 1 aliphatic heterocycles. The zero-order valence-corrected chi connectivity index (χ0v) is 14.1. The van der Waals surface area contributed by atoms with Gasteiger partial charge in [0.25, 0.3) is 5.91 Å². The lowest BCUT2D eigenvalue weighted by Crippen LogP contribution is -2.29. The normalized spacial score (nSPS) is 19.7. The molecule has 130 valence electrons. The van der Waals surface area contributed by atoms with Crippen molar-refractivity contribution in [1.82, 2.24) is 9.88 Å². The summed E-state index contributed by atoms with van der Waals surface area (Å²) in [6, 6.07) is 12.5. The molecule has 2 N–H and O–H groups in total. The number of aliphatic hydroxyl groups is 1. The monoisotopic (exact) mass is 339 g/mol. The quantitative estimate of drug-likeness (QED) is 0.888. The maximum absolute atomic E-state index is 12.7. The molecular formula is C19H21N3O3. The predicted molar refractivity (Wildman–Crippen MR) is 94.1 cm³/mol. The second kappa shape index (κ2) is 7.44. The lowest BCUT2D eigenvalue weighted by atomic mass is 10.00. The molecule has 0 bridgehead atoms. The fourth-order valence-corrected chi connectivity index (χ4v) is 3.12. The molecule has 0 unspecified atom stereocenters. The van der Waals surface area contributed by atoms with Crippen LogP contribution < -0.4 is 5.32 Å². The maximum atomic E-state index is 12.7. The number of pyridine rings is 1. The summed E-state index contributed by atoms with van der Waals surface area (Å²) < 4.78 is 0. The van der Waals surface area contributed by atoms with Crippen molar-refractivity contribution in [1.29, 1.82) is 0 Å². The van der Waals surface area contributed by atoms with Gasteiger partial charge in [-0.3, -0.25) is 14.6 Å². The van der Waals surface area contributed by atoms with Gasteiger partial charge >= 0.3 is 0 Å². The van der Waals surface area contributed by atoms with Gasteiger partial charge in [0, 0.05) is 49.1 Å². The number of likely N-dealkylation sites (tertiary alicyclic amines) is 1. The van der Waals surface area contributed by atoms with E-state index < -0.39 is 6.10 Å². The molecule has 2 amide bonds. The van der Waals surface area contributed by atoms with Gasteiger partial charge in [-0.2, -0.15) is 0 Å². The van der Waals surface area contributed by atoms with Gasteiger partial charge in [0.05, 0.1) is 6.10 Å². The number of carbonyl (C=O) groups excluding carboxylic acids is 2. The van der Waals surface area contributed by atoms with E-state index in [0.717, 1.165) is 5.69 Å². The number of carbonyl (C=O) groups is 2. The predicted octanol–water partition coefficient (Wildman–Crippen LogP) is 1.72. The number of amides is 2. The summed E-state index contributed by atoms with van der Waals surface area (Å²) in [6.45, 7) is 2.22. The summed E-state index contributed by atoms with van der Waals surface area (Å²) in [5.41, 5.74) is 1.99. The van der Waals surface area contributed by atoms with Crippen LogP contribution in [0.2, 0.25) is 0 Å².